The van der Waals surface area contributed by atoms with Gasteiger partial charge in [-0.15, -0.1) is 0 Å². The van der Waals surface area contributed by atoms with E-state index in [4.69, 9.17) is 0 Å². The van der Waals surface area contributed by atoms with Crippen molar-refractivity contribution < 1.29 is 9.72 Å². The number of nitro groups is 1. The molecule has 0 radical (unpaired) electrons. The summed E-state index contributed by atoms with van der Waals surface area (Å²) < 4.78 is 0. The van der Waals surface area contributed by atoms with Gasteiger partial charge in [-0.2, -0.15) is 0 Å². The molecule has 7 nitrogen and oxygen atoms in total. The van der Waals surface area contributed by atoms with Crippen molar-refractivity contribution in [3.8, 4) is 0 Å². The highest BCUT2D eigenvalue weighted by atomic mass is 16.6. The number of nitrogens with zero attached hydrogens (tertiary/aromatic N) is 3. The van der Waals surface area contributed by atoms with Crippen LogP contribution in [0.1, 0.15) is 55.3 Å². The number of nitrogens with one attached hydrogen (secondary N) is 1. The molecule has 2 fully saturated rings. The number of benzene rings is 2. The van der Waals surface area contributed by atoms with E-state index < -0.39 is 0 Å². The van der Waals surface area contributed by atoms with E-state index in [1.807, 2.05) is 24.3 Å². The van der Waals surface area contributed by atoms with Crippen molar-refractivity contribution in [3.05, 3.63) is 58.1 Å². The molecule has 2 aliphatic heterocycles. The average Bonchev–Trinajstić information content (AvgIpc) is 3.09. The van der Waals surface area contributed by atoms with Crippen molar-refractivity contribution in [3.63, 3.8) is 0 Å². The molecule has 0 atom stereocenters. The molecule has 0 saturated carbocycles. The predicted molar refractivity (Wildman–Crippen MR) is 124 cm³/mol. The lowest BCUT2D eigenvalue weighted by atomic mass is 10.1. The van der Waals surface area contributed by atoms with Gasteiger partial charge >= 0.3 is 0 Å². The third-order valence-corrected chi connectivity index (χ3v) is 6.23. The first-order valence-electron chi connectivity index (χ1n) is 11.3. The number of rotatable bonds is 5. The summed E-state index contributed by atoms with van der Waals surface area (Å²) in [5, 5.41) is 14.6. The van der Waals surface area contributed by atoms with Crippen LogP contribution in [0.4, 0.5) is 22.7 Å². The number of amides is 1. The topological polar surface area (TPSA) is 78.7 Å². The molecule has 7 heteroatoms. The van der Waals surface area contributed by atoms with E-state index in [0.29, 0.717) is 16.9 Å². The Morgan fingerprint density at radius 1 is 0.806 bits per heavy atom. The molecular formula is C24H30N4O3. The van der Waals surface area contributed by atoms with Crippen molar-refractivity contribution >= 4 is 28.7 Å². The fourth-order valence-electron chi connectivity index (χ4n) is 4.50. The van der Waals surface area contributed by atoms with Gasteiger partial charge in [-0.1, -0.05) is 12.8 Å². The Morgan fingerprint density at radius 3 is 2.00 bits per heavy atom. The van der Waals surface area contributed by atoms with Crippen molar-refractivity contribution in [2.45, 2.75) is 44.9 Å². The molecule has 4 rings (SSSR count). The Hall–Kier alpha value is -3.09. The number of carbonyl (C=O) groups is 1. The molecule has 0 bridgehead atoms. The maximum atomic E-state index is 12.8. The van der Waals surface area contributed by atoms with Crippen LogP contribution < -0.4 is 15.1 Å². The molecule has 1 N–H and O–H groups in total. The maximum absolute atomic E-state index is 12.8. The molecule has 2 saturated heterocycles. The normalized spacial score (nSPS) is 17.2. The predicted octanol–water partition coefficient (Wildman–Crippen LogP) is 5.22. The van der Waals surface area contributed by atoms with Gasteiger partial charge in [0.1, 0.15) is 5.69 Å². The summed E-state index contributed by atoms with van der Waals surface area (Å²) in [5.41, 5.74) is 2.75. The van der Waals surface area contributed by atoms with Crippen molar-refractivity contribution in [1.29, 1.82) is 0 Å². The number of hydrogen-bond donors (Lipinski definition) is 1. The van der Waals surface area contributed by atoms with Gasteiger partial charge in [0, 0.05) is 49.2 Å². The molecule has 0 unspecified atom stereocenters. The first kappa shape index (κ1) is 21.2. The van der Waals surface area contributed by atoms with Crippen LogP contribution in [0.15, 0.2) is 42.5 Å². The van der Waals surface area contributed by atoms with Crippen molar-refractivity contribution in [1.82, 2.24) is 0 Å². The first-order chi connectivity index (χ1) is 15.1. The molecule has 1 amide bonds. The smallest absolute Gasteiger partial charge is 0.293 e. The minimum absolute atomic E-state index is 0.00463. The van der Waals surface area contributed by atoms with Crippen LogP contribution in [0.5, 0.6) is 0 Å². The van der Waals surface area contributed by atoms with Gasteiger partial charge in [0.25, 0.3) is 11.6 Å². The molecule has 0 aromatic heterocycles. The summed E-state index contributed by atoms with van der Waals surface area (Å²) >= 11 is 0. The van der Waals surface area contributed by atoms with Gasteiger partial charge in [-0.3, -0.25) is 14.9 Å². The fraction of sp³-hybridized carbons (Fsp3) is 0.458. The van der Waals surface area contributed by atoms with Gasteiger partial charge in [0.15, 0.2) is 0 Å². The minimum Gasteiger partial charge on any atom is -0.372 e. The fourth-order valence-corrected chi connectivity index (χ4v) is 4.50. The Bertz CT molecular complexity index is 915. The monoisotopic (exact) mass is 422 g/mol. The number of hydrogen-bond acceptors (Lipinski definition) is 5. The molecule has 31 heavy (non-hydrogen) atoms. The highest BCUT2D eigenvalue weighted by Crippen LogP contribution is 2.31. The lowest BCUT2D eigenvalue weighted by Gasteiger charge is -2.28. The summed E-state index contributed by atoms with van der Waals surface area (Å²) in [4.78, 5) is 28.5. The molecular weight excluding hydrogens is 392 g/mol. The standard InChI is InChI=1S/C24H30N4O3/c29-24(25-20-9-11-21(12-10-20)26-14-6-3-7-15-26)19-8-13-22(23(18-19)28(30)31)27-16-4-1-2-5-17-27/h8-13,18H,1-7,14-17H2,(H,25,29). The van der Waals surface area contributed by atoms with Crippen LogP contribution in [0.3, 0.4) is 0 Å². The molecule has 2 aromatic rings. The zero-order valence-corrected chi connectivity index (χ0v) is 17.9. The van der Waals surface area contributed by atoms with Gasteiger partial charge < -0.3 is 15.1 Å². The number of anilines is 3. The lowest BCUT2D eigenvalue weighted by molar-refractivity contribution is -0.384. The SMILES string of the molecule is O=C(Nc1ccc(N2CCCCC2)cc1)c1ccc(N2CCCCCC2)c([N+](=O)[O-])c1. The molecule has 164 valence electrons. The summed E-state index contributed by atoms with van der Waals surface area (Å²) in [6.45, 7) is 3.77. The van der Waals surface area contributed by atoms with Crippen molar-refractivity contribution in [2.75, 3.05) is 41.3 Å². The van der Waals surface area contributed by atoms with Gasteiger partial charge in [0.2, 0.25) is 0 Å². The second-order valence-corrected chi connectivity index (χ2v) is 8.41. The maximum Gasteiger partial charge on any atom is 0.293 e. The highest BCUT2D eigenvalue weighted by molar-refractivity contribution is 6.05. The third kappa shape index (κ3) is 5.16. The van der Waals surface area contributed by atoms with E-state index in [1.165, 1.54) is 25.3 Å². The number of carbonyl (C=O) groups excluding carboxylic acids is 1. The molecule has 2 aromatic carbocycles. The Kier molecular flexibility index (Phi) is 6.70. The van der Waals surface area contributed by atoms with Crippen LogP contribution in [0.2, 0.25) is 0 Å². The van der Waals surface area contributed by atoms with Gasteiger partial charge in [0.05, 0.1) is 4.92 Å². The third-order valence-electron chi connectivity index (χ3n) is 6.23. The molecule has 0 aliphatic carbocycles. The second-order valence-electron chi connectivity index (χ2n) is 8.41. The highest BCUT2D eigenvalue weighted by Gasteiger charge is 2.23. The molecule has 2 aliphatic rings. The molecule has 2 heterocycles. The van der Waals surface area contributed by atoms with E-state index in [2.05, 4.69) is 15.1 Å². The van der Waals surface area contributed by atoms with E-state index in [0.717, 1.165) is 57.5 Å². The van der Waals surface area contributed by atoms with Crippen LogP contribution in [0.25, 0.3) is 0 Å². The van der Waals surface area contributed by atoms with E-state index in [1.54, 1.807) is 12.1 Å². The summed E-state index contributed by atoms with van der Waals surface area (Å²) in [5.74, 6) is -0.337. The largest absolute Gasteiger partial charge is 0.372 e. The van der Waals surface area contributed by atoms with Crippen molar-refractivity contribution in [2.24, 2.45) is 0 Å². The summed E-state index contributed by atoms with van der Waals surface area (Å²) in [6.07, 6.45) is 8.09. The van der Waals surface area contributed by atoms with Gasteiger partial charge in [-0.25, -0.2) is 0 Å². The van der Waals surface area contributed by atoms with E-state index in [9.17, 15) is 14.9 Å². The molecule has 0 spiro atoms. The Labute approximate surface area is 183 Å². The number of nitro benzene ring substituents is 1. The first-order valence-corrected chi connectivity index (χ1v) is 11.3. The number of piperidine rings is 1. The van der Waals surface area contributed by atoms with E-state index >= 15 is 0 Å². The van der Waals surface area contributed by atoms with Crippen LogP contribution in [-0.2, 0) is 0 Å². The summed E-state index contributed by atoms with van der Waals surface area (Å²) in [6, 6.07) is 12.6. The van der Waals surface area contributed by atoms with Crippen LogP contribution in [-0.4, -0.2) is 37.0 Å². The van der Waals surface area contributed by atoms with E-state index in [-0.39, 0.29) is 16.5 Å². The minimum atomic E-state index is -0.385. The Balaban J connectivity index is 1.47. The second kappa shape index (κ2) is 9.81. The summed E-state index contributed by atoms with van der Waals surface area (Å²) in [7, 11) is 0. The lowest BCUT2D eigenvalue weighted by Crippen LogP contribution is -2.29. The van der Waals surface area contributed by atoms with Crippen LogP contribution in [0, 0.1) is 10.1 Å². The van der Waals surface area contributed by atoms with Crippen LogP contribution >= 0.6 is 0 Å². The van der Waals surface area contributed by atoms with Gasteiger partial charge in [-0.05, 0) is 68.5 Å². The quantitative estimate of drug-likeness (QED) is 0.528. The zero-order chi connectivity index (χ0) is 21.6. The zero-order valence-electron chi connectivity index (χ0n) is 17.9. The average molecular weight is 423 g/mol. The Morgan fingerprint density at radius 2 is 1.39 bits per heavy atom.